The average molecular weight is 589 g/mol. The highest BCUT2D eigenvalue weighted by Crippen LogP contribution is 2.73. The fraction of sp³-hybridized carbons (Fsp3) is 0.485. The van der Waals surface area contributed by atoms with Crippen molar-refractivity contribution in [2.75, 3.05) is 39.9 Å². The molecule has 8 atom stereocenters. The lowest BCUT2D eigenvalue weighted by Gasteiger charge is -2.61. The highest BCUT2D eigenvalue weighted by atomic mass is 16.6. The molecule has 226 valence electrons. The lowest BCUT2D eigenvalue weighted by atomic mass is 9.58. The Bertz CT molecular complexity index is 1560. The summed E-state index contributed by atoms with van der Waals surface area (Å²) in [5.74, 6) is -0.0874. The molecule has 6 aliphatic rings. The Labute approximate surface area is 250 Å². The van der Waals surface area contributed by atoms with Gasteiger partial charge in [0.2, 0.25) is 5.75 Å². The fourth-order valence-electron chi connectivity index (χ4n) is 9.59. The number of benzene rings is 2. The SMILES string of the molecule is C/C=C1\CN2[C@H]3C[C@@]45c6ccccc6N(C(=O)c6cc(OC)c(OC)c(OC)c6)[C@@H]4[C@@H]2C[C@@H]1C3(C(=O)OC)[C@H]5OC(C)=O. The summed E-state index contributed by atoms with van der Waals surface area (Å²) in [4.78, 5) is 46.1. The molecular weight excluding hydrogens is 552 g/mol. The van der Waals surface area contributed by atoms with E-state index in [9.17, 15) is 14.4 Å². The molecule has 1 amide bonds. The Morgan fingerprint density at radius 3 is 2.30 bits per heavy atom. The minimum Gasteiger partial charge on any atom is -0.493 e. The van der Waals surface area contributed by atoms with Gasteiger partial charge in [0, 0.05) is 42.7 Å². The molecule has 10 nitrogen and oxygen atoms in total. The summed E-state index contributed by atoms with van der Waals surface area (Å²) in [6.45, 7) is 4.07. The minimum absolute atomic E-state index is 0.0656. The molecule has 2 aromatic rings. The Balaban J connectivity index is 1.48. The maximum Gasteiger partial charge on any atom is 0.317 e. The second-order valence-corrected chi connectivity index (χ2v) is 12.1. The Kier molecular flexibility index (Phi) is 6.12. The Morgan fingerprint density at radius 1 is 1.00 bits per heavy atom. The summed E-state index contributed by atoms with van der Waals surface area (Å²) >= 11 is 0. The second-order valence-electron chi connectivity index (χ2n) is 12.1. The lowest BCUT2D eigenvalue weighted by molar-refractivity contribution is -0.187. The predicted molar refractivity (Wildman–Crippen MR) is 156 cm³/mol. The summed E-state index contributed by atoms with van der Waals surface area (Å²) in [5, 5.41) is 0. The molecule has 1 saturated carbocycles. The highest BCUT2D eigenvalue weighted by Gasteiger charge is 2.84. The number of ether oxygens (including phenoxy) is 5. The molecule has 0 radical (unpaired) electrons. The number of hydrogen-bond acceptors (Lipinski definition) is 9. The smallest absolute Gasteiger partial charge is 0.317 e. The van der Waals surface area contributed by atoms with E-state index in [1.165, 1.54) is 35.4 Å². The molecule has 8 rings (SSSR count). The molecule has 4 saturated heterocycles. The first-order chi connectivity index (χ1) is 20.7. The van der Waals surface area contributed by atoms with Crippen molar-refractivity contribution in [1.29, 1.82) is 0 Å². The van der Waals surface area contributed by atoms with Crippen molar-refractivity contribution < 1.29 is 38.1 Å². The number of fused-ring (bicyclic) bond motifs is 2. The largest absolute Gasteiger partial charge is 0.493 e. The van der Waals surface area contributed by atoms with Crippen LogP contribution in [0.3, 0.4) is 0 Å². The van der Waals surface area contributed by atoms with Crippen molar-refractivity contribution in [3.05, 3.63) is 59.2 Å². The number of hydrogen-bond donors (Lipinski definition) is 0. The quantitative estimate of drug-likeness (QED) is 0.371. The third-order valence-electron chi connectivity index (χ3n) is 10.8. The van der Waals surface area contributed by atoms with E-state index in [2.05, 4.69) is 11.0 Å². The van der Waals surface area contributed by atoms with Gasteiger partial charge in [-0.3, -0.25) is 19.3 Å². The summed E-state index contributed by atoms with van der Waals surface area (Å²) in [5.41, 5.74) is 1.28. The predicted octanol–water partition coefficient (Wildman–Crippen LogP) is 3.51. The van der Waals surface area contributed by atoms with E-state index >= 15 is 0 Å². The normalized spacial score (nSPS) is 34.9. The van der Waals surface area contributed by atoms with E-state index in [4.69, 9.17) is 23.7 Å². The van der Waals surface area contributed by atoms with Gasteiger partial charge in [0.15, 0.2) is 11.5 Å². The van der Waals surface area contributed by atoms with Crippen molar-refractivity contribution in [3.8, 4) is 17.2 Å². The van der Waals surface area contributed by atoms with Gasteiger partial charge in [0.05, 0.1) is 39.9 Å². The first-order valence-corrected chi connectivity index (χ1v) is 14.6. The molecule has 1 aliphatic carbocycles. The van der Waals surface area contributed by atoms with Gasteiger partial charge in [-0.25, -0.2) is 0 Å². The topological polar surface area (TPSA) is 104 Å². The van der Waals surface area contributed by atoms with Crippen LogP contribution in [-0.2, 0) is 24.5 Å². The minimum atomic E-state index is -1.09. The molecule has 10 heteroatoms. The van der Waals surface area contributed by atoms with Crippen LogP contribution >= 0.6 is 0 Å². The van der Waals surface area contributed by atoms with Crippen LogP contribution in [0.5, 0.6) is 17.2 Å². The Morgan fingerprint density at radius 2 is 1.70 bits per heavy atom. The van der Waals surface area contributed by atoms with Gasteiger partial charge in [0.1, 0.15) is 11.5 Å². The van der Waals surface area contributed by atoms with Gasteiger partial charge < -0.3 is 28.6 Å². The molecule has 5 bridgehead atoms. The van der Waals surface area contributed by atoms with Gasteiger partial charge in [-0.2, -0.15) is 0 Å². The molecular formula is C33H36N2O8. The Hall–Kier alpha value is -4.05. The number of nitrogens with zero attached hydrogens (tertiary/aromatic N) is 2. The summed E-state index contributed by atoms with van der Waals surface area (Å²) < 4.78 is 28.6. The summed E-state index contributed by atoms with van der Waals surface area (Å²) in [7, 11) is 5.96. The van der Waals surface area contributed by atoms with Crippen LogP contribution in [0.25, 0.3) is 0 Å². The maximum atomic E-state index is 14.8. The van der Waals surface area contributed by atoms with Crippen LogP contribution in [0.15, 0.2) is 48.0 Å². The number of esters is 2. The van der Waals surface area contributed by atoms with Crippen LogP contribution in [0.4, 0.5) is 5.69 Å². The number of methoxy groups -OCH3 is 4. The van der Waals surface area contributed by atoms with Crippen molar-refractivity contribution >= 4 is 23.5 Å². The monoisotopic (exact) mass is 588 g/mol. The van der Waals surface area contributed by atoms with E-state index in [0.717, 1.165) is 16.8 Å². The number of carbonyl (C=O) groups is 3. The van der Waals surface area contributed by atoms with Crippen molar-refractivity contribution in [2.45, 2.75) is 56.3 Å². The standard InChI is InChI=1S/C33H36N2O8/c1-7-18-16-34-23-14-21(18)33(31(38)42-6)26(34)15-32(30(33)43-17(2)36)20-10-8-9-11-22(20)35(28(23)32)29(37)19-12-24(39-3)27(41-5)25(13-19)40-4/h7-13,21,23,26,28,30H,14-16H2,1-6H3/b18-7+/t21-,23-,26-,28+,30-,32+,33?/m0/s1. The van der Waals surface area contributed by atoms with E-state index in [-0.39, 0.29) is 29.9 Å². The van der Waals surface area contributed by atoms with Gasteiger partial charge in [0.25, 0.3) is 5.91 Å². The number of carbonyl (C=O) groups excluding carboxylic acids is 3. The zero-order chi connectivity index (χ0) is 30.4. The zero-order valence-corrected chi connectivity index (χ0v) is 25.2. The van der Waals surface area contributed by atoms with Gasteiger partial charge in [-0.05, 0) is 43.5 Å². The number of piperidine rings is 4. The molecule has 5 heterocycles. The molecule has 1 spiro atoms. The maximum absolute atomic E-state index is 14.8. The molecule has 43 heavy (non-hydrogen) atoms. The summed E-state index contributed by atoms with van der Waals surface area (Å²) in [6.07, 6.45) is 2.46. The second kappa shape index (κ2) is 9.47. The van der Waals surface area contributed by atoms with Crippen LogP contribution in [0.1, 0.15) is 42.6 Å². The number of rotatable bonds is 6. The van der Waals surface area contributed by atoms with Crippen LogP contribution in [-0.4, -0.2) is 82.0 Å². The third-order valence-corrected chi connectivity index (χ3v) is 10.8. The fourth-order valence-corrected chi connectivity index (χ4v) is 9.59. The van der Waals surface area contributed by atoms with Crippen LogP contribution in [0.2, 0.25) is 0 Å². The number of amides is 1. The van der Waals surface area contributed by atoms with Gasteiger partial charge in [-0.15, -0.1) is 0 Å². The summed E-state index contributed by atoms with van der Waals surface area (Å²) in [6, 6.07) is 10.5. The molecule has 2 unspecified atom stereocenters. The number of para-hydroxylation sites is 1. The number of anilines is 1. The van der Waals surface area contributed by atoms with Gasteiger partial charge in [-0.1, -0.05) is 29.8 Å². The highest BCUT2D eigenvalue weighted by molar-refractivity contribution is 6.09. The molecule has 0 N–H and O–H groups in total. The van der Waals surface area contributed by atoms with E-state index in [1.54, 1.807) is 12.1 Å². The molecule has 2 aromatic carbocycles. The average Bonchev–Trinajstić information content (AvgIpc) is 3.46. The molecule has 0 aromatic heterocycles. The third kappa shape index (κ3) is 3.19. The zero-order valence-electron chi connectivity index (χ0n) is 25.2. The van der Waals surface area contributed by atoms with Crippen LogP contribution < -0.4 is 19.1 Å². The van der Waals surface area contributed by atoms with Gasteiger partial charge >= 0.3 is 11.9 Å². The van der Waals surface area contributed by atoms with Crippen molar-refractivity contribution in [1.82, 2.24) is 4.90 Å². The molecule has 5 fully saturated rings. The van der Waals surface area contributed by atoms with E-state index < -0.39 is 28.9 Å². The first kappa shape index (κ1) is 27.8. The van der Waals surface area contributed by atoms with E-state index in [1.807, 2.05) is 36.1 Å². The number of allylic oxidation sites excluding steroid dienone is 1. The first-order valence-electron chi connectivity index (χ1n) is 14.6. The van der Waals surface area contributed by atoms with Crippen LogP contribution in [0, 0.1) is 11.3 Å². The van der Waals surface area contributed by atoms with Crippen molar-refractivity contribution in [3.63, 3.8) is 0 Å². The lowest BCUT2D eigenvalue weighted by Crippen LogP contribution is -2.72. The van der Waals surface area contributed by atoms with E-state index in [0.29, 0.717) is 42.2 Å². The molecule has 5 aliphatic heterocycles. The van der Waals surface area contributed by atoms with Crippen molar-refractivity contribution in [2.24, 2.45) is 11.3 Å².